The molecule has 3 rings (SSSR count). The maximum atomic E-state index is 12.6. The molecular weight excluding hydrogens is 368 g/mol. The lowest BCUT2D eigenvalue weighted by Gasteiger charge is -2.28. The van der Waals surface area contributed by atoms with Crippen molar-refractivity contribution in [3.05, 3.63) is 17.6 Å². The molecule has 0 bridgehead atoms. The van der Waals surface area contributed by atoms with Crippen molar-refractivity contribution in [1.29, 1.82) is 0 Å². The average Bonchev–Trinajstić information content (AvgIpc) is 3.35. The van der Waals surface area contributed by atoms with E-state index in [9.17, 15) is 9.59 Å². The number of carbonyl (C=O) groups is 2. The Morgan fingerprint density at radius 1 is 1.00 bits per heavy atom. The molecular formula is C21H34N6O2. The molecule has 0 aromatic carbocycles. The predicted molar refractivity (Wildman–Crippen MR) is 113 cm³/mol. The van der Waals surface area contributed by atoms with Crippen LogP contribution in [0.15, 0.2) is 6.07 Å². The van der Waals surface area contributed by atoms with E-state index in [-0.39, 0.29) is 23.9 Å². The number of hydrogen-bond donors (Lipinski definition) is 0. The summed E-state index contributed by atoms with van der Waals surface area (Å²) < 4.78 is 0. The highest BCUT2D eigenvalue weighted by Gasteiger charge is 2.34. The fraction of sp³-hybridized carbons (Fsp3) is 0.714. The van der Waals surface area contributed by atoms with E-state index in [1.54, 1.807) is 38.0 Å². The molecule has 2 unspecified atom stereocenters. The van der Waals surface area contributed by atoms with Crippen LogP contribution in [0, 0.1) is 0 Å². The topological polar surface area (TPSA) is 72.9 Å². The Balaban J connectivity index is 1.84. The van der Waals surface area contributed by atoms with Crippen molar-refractivity contribution in [2.45, 2.75) is 57.7 Å². The molecule has 1 aromatic rings. The van der Waals surface area contributed by atoms with Crippen LogP contribution in [0.3, 0.4) is 0 Å². The maximum Gasteiger partial charge on any atom is 0.244 e. The number of aromatic nitrogens is 2. The first-order valence-corrected chi connectivity index (χ1v) is 10.6. The lowest BCUT2D eigenvalue weighted by atomic mass is 10.2. The number of amides is 2. The molecule has 0 spiro atoms. The number of anilines is 1. The van der Waals surface area contributed by atoms with Crippen LogP contribution in [0.5, 0.6) is 0 Å². The normalized spacial score (nSPS) is 22.2. The van der Waals surface area contributed by atoms with Crippen LogP contribution in [0.1, 0.15) is 44.1 Å². The second-order valence-corrected chi connectivity index (χ2v) is 8.43. The van der Waals surface area contributed by atoms with Gasteiger partial charge in [-0.25, -0.2) is 9.97 Å². The fourth-order valence-electron chi connectivity index (χ4n) is 4.31. The molecule has 2 aliphatic heterocycles. The highest BCUT2D eigenvalue weighted by molar-refractivity contribution is 5.85. The van der Waals surface area contributed by atoms with Gasteiger partial charge in [0.15, 0.2) is 0 Å². The third-order valence-corrected chi connectivity index (χ3v) is 5.88. The molecule has 3 heterocycles. The molecule has 2 saturated heterocycles. The highest BCUT2D eigenvalue weighted by Crippen LogP contribution is 2.27. The Bertz CT molecular complexity index is 751. The minimum atomic E-state index is -0.160. The number of aryl methyl sites for hydroxylation is 1. The van der Waals surface area contributed by atoms with E-state index in [4.69, 9.17) is 9.97 Å². The second-order valence-electron chi connectivity index (χ2n) is 8.43. The molecule has 0 saturated carbocycles. The monoisotopic (exact) mass is 402 g/mol. The van der Waals surface area contributed by atoms with E-state index < -0.39 is 0 Å². The van der Waals surface area contributed by atoms with Gasteiger partial charge in [-0.15, -0.1) is 0 Å². The number of likely N-dealkylation sites (N-methyl/N-ethyl adjacent to an activating group) is 2. The first-order valence-electron chi connectivity index (χ1n) is 10.6. The average molecular weight is 403 g/mol. The Morgan fingerprint density at radius 3 is 2.28 bits per heavy atom. The SMILES string of the molecule is CCc1cc(N2CCCC2C(=O)N(C)C)nc(CN2CCCC2C(=O)N(C)C)n1. The van der Waals surface area contributed by atoms with E-state index in [2.05, 4.69) is 16.7 Å². The van der Waals surface area contributed by atoms with Gasteiger partial charge in [-0.3, -0.25) is 14.5 Å². The number of likely N-dealkylation sites (tertiary alicyclic amines) is 1. The maximum absolute atomic E-state index is 12.6. The molecule has 8 nitrogen and oxygen atoms in total. The van der Waals surface area contributed by atoms with Gasteiger partial charge in [0.25, 0.3) is 0 Å². The van der Waals surface area contributed by atoms with Crippen molar-refractivity contribution in [3.8, 4) is 0 Å². The minimum absolute atomic E-state index is 0.0998. The summed E-state index contributed by atoms with van der Waals surface area (Å²) in [5, 5.41) is 0. The third kappa shape index (κ3) is 4.69. The van der Waals surface area contributed by atoms with Gasteiger partial charge in [-0.2, -0.15) is 0 Å². The first-order chi connectivity index (χ1) is 13.8. The van der Waals surface area contributed by atoms with Crippen molar-refractivity contribution in [1.82, 2.24) is 24.7 Å². The second kappa shape index (κ2) is 9.07. The van der Waals surface area contributed by atoms with Crippen LogP contribution < -0.4 is 4.90 Å². The van der Waals surface area contributed by atoms with Gasteiger partial charge in [0.05, 0.1) is 12.6 Å². The van der Waals surface area contributed by atoms with Gasteiger partial charge >= 0.3 is 0 Å². The molecule has 2 aliphatic rings. The van der Waals surface area contributed by atoms with Gasteiger partial charge in [-0.1, -0.05) is 6.92 Å². The smallest absolute Gasteiger partial charge is 0.244 e. The zero-order chi connectivity index (χ0) is 21.1. The van der Waals surface area contributed by atoms with E-state index in [0.717, 1.165) is 62.5 Å². The van der Waals surface area contributed by atoms with Gasteiger partial charge < -0.3 is 14.7 Å². The largest absolute Gasteiger partial charge is 0.347 e. The zero-order valence-corrected chi connectivity index (χ0v) is 18.4. The third-order valence-electron chi connectivity index (χ3n) is 5.88. The Hall–Kier alpha value is -2.22. The number of nitrogens with zero attached hydrogens (tertiary/aromatic N) is 6. The zero-order valence-electron chi connectivity index (χ0n) is 18.4. The van der Waals surface area contributed by atoms with Gasteiger partial charge in [0.2, 0.25) is 11.8 Å². The molecule has 160 valence electrons. The van der Waals surface area contributed by atoms with Crippen molar-refractivity contribution < 1.29 is 9.59 Å². The summed E-state index contributed by atoms with van der Waals surface area (Å²) in [7, 11) is 7.22. The summed E-state index contributed by atoms with van der Waals surface area (Å²) in [6.07, 6.45) is 4.53. The quantitative estimate of drug-likeness (QED) is 0.711. The molecule has 2 fully saturated rings. The Labute approximate surface area is 173 Å². The lowest BCUT2D eigenvalue weighted by Crippen LogP contribution is -2.43. The number of rotatable bonds is 6. The molecule has 2 amide bonds. The minimum Gasteiger partial charge on any atom is -0.347 e. The van der Waals surface area contributed by atoms with Gasteiger partial charge in [-0.05, 0) is 38.6 Å². The summed E-state index contributed by atoms with van der Waals surface area (Å²) in [6, 6.07) is 1.75. The molecule has 0 radical (unpaired) electrons. The fourth-order valence-corrected chi connectivity index (χ4v) is 4.31. The first kappa shape index (κ1) is 21.5. The molecule has 2 atom stereocenters. The van der Waals surface area contributed by atoms with Crippen LogP contribution in [-0.4, -0.2) is 89.8 Å². The summed E-state index contributed by atoms with van der Waals surface area (Å²) in [5.74, 6) is 1.84. The van der Waals surface area contributed by atoms with Crippen LogP contribution in [0.25, 0.3) is 0 Å². The van der Waals surface area contributed by atoms with E-state index >= 15 is 0 Å². The highest BCUT2D eigenvalue weighted by atomic mass is 16.2. The Kier molecular flexibility index (Phi) is 6.72. The van der Waals surface area contributed by atoms with Crippen LogP contribution in [0.4, 0.5) is 5.82 Å². The van der Waals surface area contributed by atoms with Crippen LogP contribution in [-0.2, 0) is 22.6 Å². The Morgan fingerprint density at radius 2 is 1.62 bits per heavy atom. The predicted octanol–water partition coefficient (Wildman–Crippen LogP) is 1.15. The van der Waals surface area contributed by atoms with E-state index in [1.165, 1.54) is 0 Å². The summed E-state index contributed by atoms with van der Waals surface area (Å²) in [4.78, 5) is 42.3. The molecule has 0 N–H and O–H groups in total. The molecule has 8 heteroatoms. The van der Waals surface area contributed by atoms with Gasteiger partial charge in [0, 0.05) is 46.5 Å². The van der Waals surface area contributed by atoms with Crippen molar-refractivity contribution in [2.75, 3.05) is 46.2 Å². The van der Waals surface area contributed by atoms with Crippen molar-refractivity contribution >= 4 is 17.6 Å². The summed E-state index contributed by atoms with van der Waals surface area (Å²) in [6.45, 7) is 4.35. The number of carbonyl (C=O) groups excluding carboxylic acids is 2. The van der Waals surface area contributed by atoms with Crippen LogP contribution >= 0.6 is 0 Å². The standard InChI is InChI=1S/C21H34N6O2/c1-6-15-13-19(27-12-8-10-17(27)21(29)25(4)5)23-18(22-15)14-26-11-7-9-16(26)20(28)24(2)3/h13,16-17H,6-12,14H2,1-5H3. The van der Waals surface area contributed by atoms with E-state index in [0.29, 0.717) is 6.54 Å². The van der Waals surface area contributed by atoms with Crippen molar-refractivity contribution in [3.63, 3.8) is 0 Å². The summed E-state index contributed by atoms with van der Waals surface area (Å²) >= 11 is 0. The molecule has 29 heavy (non-hydrogen) atoms. The number of hydrogen-bond acceptors (Lipinski definition) is 6. The molecule has 0 aliphatic carbocycles. The van der Waals surface area contributed by atoms with Crippen molar-refractivity contribution in [2.24, 2.45) is 0 Å². The lowest BCUT2D eigenvalue weighted by molar-refractivity contribution is -0.133. The van der Waals surface area contributed by atoms with E-state index in [1.807, 2.05) is 6.07 Å². The summed E-state index contributed by atoms with van der Waals surface area (Å²) in [5.41, 5.74) is 0.975. The van der Waals surface area contributed by atoms with Gasteiger partial charge in [0.1, 0.15) is 17.7 Å². The van der Waals surface area contributed by atoms with Crippen LogP contribution in [0.2, 0.25) is 0 Å². The molecule has 1 aromatic heterocycles.